The van der Waals surface area contributed by atoms with E-state index in [-0.39, 0.29) is 0 Å². The van der Waals surface area contributed by atoms with E-state index in [1.165, 1.54) is 42.1 Å². The Hall–Kier alpha value is -1.32. The predicted octanol–water partition coefficient (Wildman–Crippen LogP) is 3.69. The molecular weight excluding hydrogens is 258 g/mol. The summed E-state index contributed by atoms with van der Waals surface area (Å²) >= 11 is 0. The summed E-state index contributed by atoms with van der Waals surface area (Å²) in [6.45, 7) is 6.84. The zero-order chi connectivity index (χ0) is 14.5. The first kappa shape index (κ1) is 14.6. The highest BCUT2D eigenvalue weighted by atomic mass is 15.2. The molecule has 21 heavy (non-hydrogen) atoms. The van der Waals surface area contributed by atoms with Gasteiger partial charge in [-0.3, -0.25) is 4.90 Å². The largest absolute Gasteiger partial charge is 0.361 e. The number of nitrogens with one attached hydrogen (secondary N) is 2. The lowest BCUT2D eigenvalue weighted by Gasteiger charge is -2.35. The molecule has 3 nitrogen and oxygen atoms in total. The number of rotatable bonds is 6. The van der Waals surface area contributed by atoms with Gasteiger partial charge in [0.15, 0.2) is 0 Å². The average Bonchev–Trinajstić information content (AvgIpc) is 2.96. The van der Waals surface area contributed by atoms with Crippen LogP contribution < -0.4 is 5.32 Å². The molecule has 2 N–H and O–H groups in total. The molecule has 3 rings (SSSR count). The summed E-state index contributed by atoms with van der Waals surface area (Å²) in [5, 5.41) is 4.87. The lowest BCUT2D eigenvalue weighted by molar-refractivity contribution is 0.164. The van der Waals surface area contributed by atoms with Crippen LogP contribution in [0.4, 0.5) is 0 Å². The summed E-state index contributed by atoms with van der Waals surface area (Å²) in [5.74, 6) is 0. The van der Waals surface area contributed by atoms with Gasteiger partial charge >= 0.3 is 0 Å². The zero-order valence-electron chi connectivity index (χ0n) is 13.1. The number of aromatic amines is 1. The quantitative estimate of drug-likeness (QED) is 0.793. The molecule has 1 aliphatic rings. The summed E-state index contributed by atoms with van der Waals surface area (Å²) in [6.07, 6.45) is 7.47. The fraction of sp³-hybridized carbons (Fsp3) is 0.556. The van der Waals surface area contributed by atoms with Crippen LogP contribution in [0.5, 0.6) is 0 Å². The Morgan fingerprint density at radius 2 is 1.95 bits per heavy atom. The van der Waals surface area contributed by atoms with Crippen molar-refractivity contribution < 1.29 is 0 Å². The Bertz CT molecular complexity index is 554. The van der Waals surface area contributed by atoms with Gasteiger partial charge in [-0.15, -0.1) is 0 Å². The van der Waals surface area contributed by atoms with Gasteiger partial charge in [-0.25, -0.2) is 0 Å². The number of fused-ring (bicyclic) bond motifs is 1. The third-order valence-electron chi connectivity index (χ3n) is 4.65. The molecular formula is C18H27N3. The number of hydrogen-bond acceptors (Lipinski definition) is 2. The molecule has 1 saturated heterocycles. The number of H-pyrrole nitrogens is 1. The minimum atomic E-state index is 0.565. The summed E-state index contributed by atoms with van der Waals surface area (Å²) in [6, 6.07) is 9.27. The third kappa shape index (κ3) is 3.30. The molecule has 1 aromatic carbocycles. The van der Waals surface area contributed by atoms with Gasteiger partial charge in [-0.05, 0) is 18.1 Å². The van der Waals surface area contributed by atoms with Gasteiger partial charge in [0, 0.05) is 49.3 Å². The number of piperazine rings is 1. The van der Waals surface area contributed by atoms with Crippen molar-refractivity contribution in [1.29, 1.82) is 0 Å². The van der Waals surface area contributed by atoms with E-state index >= 15 is 0 Å². The van der Waals surface area contributed by atoms with Gasteiger partial charge in [0.2, 0.25) is 0 Å². The Morgan fingerprint density at radius 3 is 2.76 bits per heavy atom. The Kier molecular flexibility index (Phi) is 4.94. The van der Waals surface area contributed by atoms with Crippen LogP contribution >= 0.6 is 0 Å². The summed E-state index contributed by atoms with van der Waals surface area (Å²) in [5.41, 5.74) is 2.76. The molecule has 1 aliphatic heterocycles. The molecule has 3 heteroatoms. The van der Waals surface area contributed by atoms with Crippen LogP contribution in [0.3, 0.4) is 0 Å². The van der Waals surface area contributed by atoms with Crippen molar-refractivity contribution in [3.05, 3.63) is 36.0 Å². The van der Waals surface area contributed by atoms with Crippen LogP contribution in [0.1, 0.15) is 44.2 Å². The second-order valence-electron chi connectivity index (χ2n) is 6.09. The number of unbranched alkanes of at least 4 members (excludes halogenated alkanes) is 2. The third-order valence-corrected chi connectivity index (χ3v) is 4.65. The second kappa shape index (κ2) is 7.10. The standard InChI is InChI=1S/C18H27N3/c1-2-3-4-9-18(21-12-10-19-11-13-21)16-14-20-17-8-6-5-7-15(16)17/h5-8,14,18-20H,2-4,9-13H2,1H3/t18-/m0/s1. The van der Waals surface area contributed by atoms with E-state index in [0.717, 1.165) is 26.2 Å². The van der Waals surface area contributed by atoms with Gasteiger partial charge < -0.3 is 10.3 Å². The van der Waals surface area contributed by atoms with Crippen LogP contribution in [0.25, 0.3) is 10.9 Å². The molecule has 114 valence electrons. The average molecular weight is 285 g/mol. The van der Waals surface area contributed by atoms with E-state index in [1.807, 2.05) is 0 Å². The smallest absolute Gasteiger partial charge is 0.0457 e. The molecule has 2 aromatic rings. The summed E-state index contributed by atoms with van der Waals surface area (Å²) in [4.78, 5) is 6.12. The zero-order valence-corrected chi connectivity index (χ0v) is 13.1. The van der Waals surface area contributed by atoms with Crippen molar-refractivity contribution in [2.45, 2.75) is 38.6 Å². The van der Waals surface area contributed by atoms with Crippen molar-refractivity contribution in [1.82, 2.24) is 15.2 Å². The molecule has 1 atom stereocenters. The first-order valence-electron chi connectivity index (χ1n) is 8.41. The number of nitrogens with zero attached hydrogens (tertiary/aromatic N) is 1. The first-order valence-corrected chi connectivity index (χ1v) is 8.41. The van der Waals surface area contributed by atoms with Crippen LogP contribution in [0.15, 0.2) is 30.5 Å². The second-order valence-corrected chi connectivity index (χ2v) is 6.09. The first-order chi connectivity index (χ1) is 10.4. The molecule has 0 bridgehead atoms. The van der Waals surface area contributed by atoms with Gasteiger partial charge in [0.05, 0.1) is 0 Å². The van der Waals surface area contributed by atoms with Crippen molar-refractivity contribution in [3.8, 4) is 0 Å². The highest BCUT2D eigenvalue weighted by Gasteiger charge is 2.23. The maximum atomic E-state index is 3.47. The number of hydrogen-bond donors (Lipinski definition) is 2. The molecule has 0 aliphatic carbocycles. The number of aromatic nitrogens is 1. The number of benzene rings is 1. The van der Waals surface area contributed by atoms with Gasteiger partial charge in [0.1, 0.15) is 0 Å². The molecule has 1 fully saturated rings. The molecule has 0 radical (unpaired) electrons. The van der Waals surface area contributed by atoms with Crippen LogP contribution in [0.2, 0.25) is 0 Å². The van der Waals surface area contributed by atoms with Gasteiger partial charge in [-0.2, -0.15) is 0 Å². The summed E-state index contributed by atoms with van der Waals surface area (Å²) in [7, 11) is 0. The summed E-state index contributed by atoms with van der Waals surface area (Å²) < 4.78 is 0. The van der Waals surface area contributed by atoms with E-state index in [2.05, 4.69) is 52.6 Å². The Morgan fingerprint density at radius 1 is 1.14 bits per heavy atom. The lowest BCUT2D eigenvalue weighted by Crippen LogP contribution is -2.45. The van der Waals surface area contributed by atoms with E-state index in [4.69, 9.17) is 0 Å². The maximum Gasteiger partial charge on any atom is 0.0457 e. The Labute approximate surface area is 127 Å². The molecule has 0 spiro atoms. The molecule has 0 saturated carbocycles. The fourth-order valence-corrected chi connectivity index (χ4v) is 3.49. The van der Waals surface area contributed by atoms with Gasteiger partial charge in [-0.1, -0.05) is 44.4 Å². The SMILES string of the molecule is CCCCC[C@@H](c1c[nH]c2ccccc12)N1CCNCC1. The highest BCUT2D eigenvalue weighted by molar-refractivity contribution is 5.83. The van der Waals surface area contributed by atoms with E-state index in [9.17, 15) is 0 Å². The fourth-order valence-electron chi connectivity index (χ4n) is 3.49. The van der Waals surface area contributed by atoms with Crippen molar-refractivity contribution in [2.75, 3.05) is 26.2 Å². The van der Waals surface area contributed by atoms with E-state index in [0.29, 0.717) is 6.04 Å². The van der Waals surface area contributed by atoms with E-state index < -0.39 is 0 Å². The highest BCUT2D eigenvalue weighted by Crippen LogP contribution is 2.32. The van der Waals surface area contributed by atoms with Crippen LogP contribution in [0, 0.1) is 0 Å². The monoisotopic (exact) mass is 285 g/mol. The van der Waals surface area contributed by atoms with Crippen molar-refractivity contribution in [3.63, 3.8) is 0 Å². The number of para-hydroxylation sites is 1. The van der Waals surface area contributed by atoms with Crippen molar-refractivity contribution in [2.24, 2.45) is 0 Å². The molecule has 0 amide bonds. The van der Waals surface area contributed by atoms with Crippen molar-refractivity contribution >= 4 is 10.9 Å². The molecule has 2 heterocycles. The maximum absolute atomic E-state index is 3.47. The predicted molar refractivity (Wildman–Crippen MR) is 89.6 cm³/mol. The minimum absolute atomic E-state index is 0.565. The van der Waals surface area contributed by atoms with Crippen LogP contribution in [-0.2, 0) is 0 Å². The van der Waals surface area contributed by atoms with E-state index in [1.54, 1.807) is 0 Å². The minimum Gasteiger partial charge on any atom is -0.361 e. The normalized spacial score (nSPS) is 18.1. The molecule has 1 aromatic heterocycles. The molecule has 0 unspecified atom stereocenters. The topological polar surface area (TPSA) is 31.1 Å². The van der Waals surface area contributed by atoms with Gasteiger partial charge in [0.25, 0.3) is 0 Å². The van der Waals surface area contributed by atoms with Crippen LogP contribution in [-0.4, -0.2) is 36.1 Å². The Balaban J connectivity index is 1.85. The lowest BCUT2D eigenvalue weighted by atomic mass is 9.97.